The van der Waals surface area contributed by atoms with Gasteiger partial charge in [0.25, 0.3) is 0 Å². The van der Waals surface area contributed by atoms with Crippen molar-refractivity contribution in [3.63, 3.8) is 0 Å². The Balaban J connectivity index is 1.93. The molecule has 6 heteroatoms. The quantitative estimate of drug-likeness (QED) is 0.897. The summed E-state index contributed by atoms with van der Waals surface area (Å²) in [6, 6.07) is 13.8. The molecular weight excluding hydrogens is 309 g/mol. The second-order valence-electron chi connectivity index (χ2n) is 4.22. The van der Waals surface area contributed by atoms with E-state index in [9.17, 15) is 4.79 Å². The predicted octanol–water partition coefficient (Wildman–Crippen LogP) is 3.92. The van der Waals surface area contributed by atoms with Crippen molar-refractivity contribution >= 4 is 40.5 Å². The van der Waals surface area contributed by atoms with Crippen LogP contribution in [0.4, 0.5) is 11.4 Å². The van der Waals surface area contributed by atoms with Crippen LogP contribution >= 0.6 is 23.2 Å². The third-order valence-corrected chi connectivity index (χ3v) is 3.20. The molecule has 0 bridgehead atoms. The maximum atomic E-state index is 11.8. The third-order valence-electron chi connectivity index (χ3n) is 2.65. The van der Waals surface area contributed by atoms with Crippen LogP contribution < -0.4 is 10.6 Å². The van der Waals surface area contributed by atoms with E-state index in [0.29, 0.717) is 21.3 Å². The minimum atomic E-state index is -0.226. The molecule has 0 aliphatic heterocycles. The lowest BCUT2D eigenvalue weighted by atomic mass is 10.2. The van der Waals surface area contributed by atoms with Gasteiger partial charge >= 0.3 is 0 Å². The largest absolute Gasteiger partial charge is 0.376 e. The summed E-state index contributed by atoms with van der Waals surface area (Å²) in [4.78, 5) is 11.8. The van der Waals surface area contributed by atoms with Gasteiger partial charge in [-0.3, -0.25) is 4.79 Å². The van der Waals surface area contributed by atoms with Crippen molar-refractivity contribution in [3.8, 4) is 6.07 Å². The molecule has 2 aromatic carbocycles. The van der Waals surface area contributed by atoms with Crippen molar-refractivity contribution < 1.29 is 4.79 Å². The van der Waals surface area contributed by atoms with Gasteiger partial charge in [0, 0.05) is 16.4 Å². The maximum Gasteiger partial charge on any atom is 0.243 e. The van der Waals surface area contributed by atoms with Crippen LogP contribution in [0.15, 0.2) is 42.5 Å². The highest BCUT2D eigenvalue weighted by atomic mass is 35.5. The Morgan fingerprint density at radius 1 is 1.14 bits per heavy atom. The van der Waals surface area contributed by atoms with Crippen molar-refractivity contribution in [2.24, 2.45) is 0 Å². The van der Waals surface area contributed by atoms with E-state index in [-0.39, 0.29) is 12.5 Å². The van der Waals surface area contributed by atoms with Gasteiger partial charge in [0.05, 0.1) is 17.1 Å². The van der Waals surface area contributed by atoms with Crippen LogP contribution in [0.3, 0.4) is 0 Å². The predicted molar refractivity (Wildman–Crippen MR) is 84.7 cm³/mol. The van der Waals surface area contributed by atoms with Crippen LogP contribution in [0.2, 0.25) is 10.0 Å². The molecule has 0 saturated carbocycles. The van der Waals surface area contributed by atoms with Crippen LogP contribution in [-0.4, -0.2) is 12.5 Å². The lowest BCUT2D eigenvalue weighted by molar-refractivity contribution is -0.114. The number of carbonyl (C=O) groups is 1. The van der Waals surface area contributed by atoms with Crippen molar-refractivity contribution in [2.75, 3.05) is 17.2 Å². The fourth-order valence-electron chi connectivity index (χ4n) is 1.67. The summed E-state index contributed by atoms with van der Waals surface area (Å²) in [7, 11) is 0. The van der Waals surface area contributed by atoms with E-state index in [2.05, 4.69) is 10.6 Å². The van der Waals surface area contributed by atoms with E-state index < -0.39 is 0 Å². The topological polar surface area (TPSA) is 64.9 Å². The first-order valence-electron chi connectivity index (χ1n) is 6.07. The Morgan fingerprint density at radius 3 is 2.62 bits per heavy atom. The van der Waals surface area contributed by atoms with E-state index in [1.165, 1.54) is 6.07 Å². The molecule has 0 spiro atoms. The number of nitriles is 1. The molecule has 2 aromatic rings. The molecule has 0 aliphatic carbocycles. The number of halogens is 2. The lowest BCUT2D eigenvalue weighted by Gasteiger charge is -2.08. The van der Waals surface area contributed by atoms with Gasteiger partial charge in [0.2, 0.25) is 5.91 Å². The third kappa shape index (κ3) is 4.38. The van der Waals surface area contributed by atoms with Crippen molar-refractivity contribution in [3.05, 3.63) is 58.1 Å². The molecule has 4 nitrogen and oxygen atoms in total. The molecule has 0 aliphatic rings. The van der Waals surface area contributed by atoms with Gasteiger partial charge in [0.1, 0.15) is 6.07 Å². The van der Waals surface area contributed by atoms with Gasteiger partial charge in [-0.15, -0.1) is 0 Å². The van der Waals surface area contributed by atoms with Gasteiger partial charge in [0.15, 0.2) is 0 Å². The highest BCUT2D eigenvalue weighted by molar-refractivity contribution is 6.32. The normalized spacial score (nSPS) is 9.76. The Morgan fingerprint density at radius 2 is 1.95 bits per heavy atom. The number of anilines is 2. The van der Waals surface area contributed by atoms with Gasteiger partial charge in [-0.05, 0) is 36.4 Å². The fourth-order valence-corrected chi connectivity index (χ4v) is 2.08. The average molecular weight is 320 g/mol. The SMILES string of the molecule is N#Cc1ccc(NC(=O)CNc2cccc(Cl)c2)cc1Cl. The van der Waals surface area contributed by atoms with Crippen LogP contribution in [-0.2, 0) is 4.79 Å². The fraction of sp³-hybridized carbons (Fsp3) is 0.0667. The monoisotopic (exact) mass is 319 g/mol. The molecule has 1 amide bonds. The van der Waals surface area contributed by atoms with Gasteiger partial charge in [-0.1, -0.05) is 29.3 Å². The van der Waals surface area contributed by atoms with Gasteiger partial charge in [-0.25, -0.2) is 0 Å². The molecule has 0 aromatic heterocycles. The molecule has 0 heterocycles. The maximum absolute atomic E-state index is 11.8. The highest BCUT2D eigenvalue weighted by Gasteiger charge is 2.05. The number of carbonyl (C=O) groups excluding carboxylic acids is 1. The number of benzene rings is 2. The first-order valence-corrected chi connectivity index (χ1v) is 6.83. The smallest absolute Gasteiger partial charge is 0.243 e. The number of hydrogen-bond donors (Lipinski definition) is 2. The molecule has 0 fully saturated rings. The Labute approximate surface area is 132 Å². The van der Waals surface area contributed by atoms with E-state index in [4.69, 9.17) is 28.5 Å². The number of hydrogen-bond acceptors (Lipinski definition) is 3. The van der Waals surface area contributed by atoms with Gasteiger partial charge in [-0.2, -0.15) is 5.26 Å². The zero-order valence-corrected chi connectivity index (χ0v) is 12.4. The number of nitrogens with zero attached hydrogens (tertiary/aromatic N) is 1. The molecule has 0 atom stereocenters. The van der Waals surface area contributed by atoms with Crippen LogP contribution in [0.1, 0.15) is 5.56 Å². The summed E-state index contributed by atoms with van der Waals surface area (Å²) in [5.41, 5.74) is 1.67. The molecule has 0 saturated heterocycles. The van der Waals surface area contributed by atoms with Crippen LogP contribution in [0.5, 0.6) is 0 Å². The van der Waals surface area contributed by atoms with E-state index in [1.54, 1.807) is 30.3 Å². The van der Waals surface area contributed by atoms with E-state index in [0.717, 1.165) is 5.69 Å². The standard InChI is InChI=1S/C15H11Cl2N3O/c16-11-2-1-3-12(6-11)19-9-15(21)20-13-5-4-10(8-18)14(17)7-13/h1-7,19H,9H2,(H,20,21). The molecule has 106 valence electrons. The van der Waals surface area contributed by atoms with Crippen molar-refractivity contribution in [2.45, 2.75) is 0 Å². The second kappa shape index (κ2) is 6.98. The highest BCUT2D eigenvalue weighted by Crippen LogP contribution is 2.20. The van der Waals surface area contributed by atoms with Crippen molar-refractivity contribution in [1.29, 1.82) is 5.26 Å². The molecule has 2 rings (SSSR count). The summed E-state index contributed by atoms with van der Waals surface area (Å²) in [5, 5.41) is 15.3. The molecule has 0 unspecified atom stereocenters. The first kappa shape index (κ1) is 15.2. The first-order chi connectivity index (χ1) is 10.1. The van der Waals surface area contributed by atoms with Crippen LogP contribution in [0, 0.1) is 11.3 Å². The Bertz CT molecular complexity index is 710. The number of amides is 1. The van der Waals surface area contributed by atoms with E-state index >= 15 is 0 Å². The summed E-state index contributed by atoms with van der Waals surface area (Å²) >= 11 is 11.8. The zero-order valence-electron chi connectivity index (χ0n) is 10.9. The summed E-state index contributed by atoms with van der Waals surface area (Å²) in [5.74, 6) is -0.226. The zero-order chi connectivity index (χ0) is 15.2. The lowest BCUT2D eigenvalue weighted by Crippen LogP contribution is -2.21. The van der Waals surface area contributed by atoms with Crippen molar-refractivity contribution in [1.82, 2.24) is 0 Å². The minimum Gasteiger partial charge on any atom is -0.376 e. The minimum absolute atomic E-state index is 0.0952. The number of nitrogens with one attached hydrogen (secondary N) is 2. The Hall–Kier alpha value is -2.22. The summed E-state index contributed by atoms with van der Waals surface area (Å²) < 4.78 is 0. The second-order valence-corrected chi connectivity index (χ2v) is 5.06. The molecule has 21 heavy (non-hydrogen) atoms. The molecule has 0 radical (unpaired) electrons. The molecular formula is C15H11Cl2N3O. The summed E-state index contributed by atoms with van der Waals surface area (Å²) in [6.45, 7) is 0.0952. The average Bonchev–Trinajstić information content (AvgIpc) is 2.45. The summed E-state index contributed by atoms with van der Waals surface area (Å²) in [6.07, 6.45) is 0. The van der Waals surface area contributed by atoms with Crippen LogP contribution in [0.25, 0.3) is 0 Å². The Kier molecular flexibility index (Phi) is 5.04. The van der Waals surface area contributed by atoms with Gasteiger partial charge < -0.3 is 10.6 Å². The van der Waals surface area contributed by atoms with E-state index in [1.807, 2.05) is 12.1 Å². The molecule has 2 N–H and O–H groups in total. The number of rotatable bonds is 4.